The first-order chi connectivity index (χ1) is 12.0. The van der Waals surface area contributed by atoms with Crippen LogP contribution in [0.15, 0.2) is 24.3 Å². The van der Waals surface area contributed by atoms with E-state index in [1.807, 2.05) is 6.92 Å². The topological polar surface area (TPSA) is 105 Å². The van der Waals surface area contributed by atoms with Gasteiger partial charge < -0.3 is 15.5 Å². The molecule has 0 saturated carbocycles. The lowest BCUT2D eigenvalue weighted by Crippen LogP contribution is -2.46. The van der Waals surface area contributed by atoms with Gasteiger partial charge >= 0.3 is 0 Å². The van der Waals surface area contributed by atoms with Gasteiger partial charge in [-0.05, 0) is 31.4 Å². The summed E-state index contributed by atoms with van der Waals surface area (Å²) < 4.78 is 0. The molecule has 8 heteroatoms. The molecule has 0 aromatic heterocycles. The van der Waals surface area contributed by atoms with Crippen LogP contribution >= 0.6 is 0 Å². The minimum absolute atomic E-state index is 0.0388. The first kappa shape index (κ1) is 18.7. The van der Waals surface area contributed by atoms with E-state index in [2.05, 4.69) is 10.6 Å². The molecule has 2 N–H and O–H groups in total. The van der Waals surface area contributed by atoms with Gasteiger partial charge in [0, 0.05) is 43.9 Å². The smallest absolute Gasteiger partial charge is 0.269 e. The second kappa shape index (κ2) is 9.00. The summed E-state index contributed by atoms with van der Waals surface area (Å²) in [5.74, 6) is -0.0726. The van der Waals surface area contributed by atoms with Crippen LogP contribution in [0, 0.1) is 10.1 Å². The third-order valence-electron chi connectivity index (χ3n) is 4.17. The molecular formula is C17H24N4O4. The van der Waals surface area contributed by atoms with E-state index >= 15 is 0 Å². The van der Waals surface area contributed by atoms with Gasteiger partial charge in [-0.3, -0.25) is 19.7 Å². The van der Waals surface area contributed by atoms with Crippen LogP contribution in [0.5, 0.6) is 0 Å². The maximum absolute atomic E-state index is 12.3. The SMILES string of the molecule is CCCC(=O)N1CCCC1C(=O)NCCNc1ccc([N+](=O)[O-])cc1. The van der Waals surface area contributed by atoms with Gasteiger partial charge in [0.1, 0.15) is 6.04 Å². The maximum Gasteiger partial charge on any atom is 0.269 e. The quantitative estimate of drug-likeness (QED) is 0.424. The predicted octanol–water partition coefficient (Wildman–Crippen LogP) is 1.91. The number of amides is 2. The van der Waals surface area contributed by atoms with Crippen molar-refractivity contribution in [1.29, 1.82) is 0 Å². The molecule has 25 heavy (non-hydrogen) atoms. The van der Waals surface area contributed by atoms with Crippen molar-refractivity contribution in [3.8, 4) is 0 Å². The minimum Gasteiger partial charge on any atom is -0.383 e. The first-order valence-corrected chi connectivity index (χ1v) is 8.58. The van der Waals surface area contributed by atoms with Gasteiger partial charge in [-0.25, -0.2) is 0 Å². The van der Waals surface area contributed by atoms with Crippen molar-refractivity contribution in [2.75, 3.05) is 25.0 Å². The fraction of sp³-hybridized carbons (Fsp3) is 0.529. The van der Waals surface area contributed by atoms with Crippen LogP contribution in [0.1, 0.15) is 32.6 Å². The van der Waals surface area contributed by atoms with Crippen molar-refractivity contribution in [1.82, 2.24) is 10.2 Å². The highest BCUT2D eigenvalue weighted by molar-refractivity contribution is 5.88. The average Bonchev–Trinajstić information content (AvgIpc) is 3.09. The van der Waals surface area contributed by atoms with Gasteiger partial charge in [0.15, 0.2) is 0 Å². The molecule has 0 radical (unpaired) electrons. The number of benzene rings is 1. The van der Waals surface area contributed by atoms with Crippen LogP contribution < -0.4 is 10.6 Å². The number of likely N-dealkylation sites (tertiary alicyclic amines) is 1. The molecule has 1 aromatic rings. The van der Waals surface area contributed by atoms with E-state index < -0.39 is 4.92 Å². The van der Waals surface area contributed by atoms with Gasteiger partial charge in [0.05, 0.1) is 4.92 Å². The third-order valence-corrected chi connectivity index (χ3v) is 4.17. The second-order valence-corrected chi connectivity index (χ2v) is 6.02. The largest absolute Gasteiger partial charge is 0.383 e. The van der Waals surface area contributed by atoms with Crippen molar-refractivity contribution >= 4 is 23.2 Å². The number of carbonyl (C=O) groups excluding carboxylic acids is 2. The maximum atomic E-state index is 12.3. The summed E-state index contributed by atoms with van der Waals surface area (Å²) in [7, 11) is 0. The molecule has 2 rings (SSSR count). The molecule has 1 atom stereocenters. The summed E-state index contributed by atoms with van der Waals surface area (Å²) in [6.45, 7) is 3.52. The normalized spacial score (nSPS) is 16.5. The molecule has 1 aromatic carbocycles. The van der Waals surface area contributed by atoms with Crippen LogP contribution in [0.25, 0.3) is 0 Å². The number of nitro benzene ring substituents is 1. The van der Waals surface area contributed by atoms with Crippen molar-refractivity contribution < 1.29 is 14.5 Å². The number of hydrogen-bond acceptors (Lipinski definition) is 5. The van der Waals surface area contributed by atoms with E-state index in [-0.39, 0.29) is 23.5 Å². The molecule has 1 aliphatic rings. The van der Waals surface area contributed by atoms with E-state index in [0.717, 1.165) is 18.5 Å². The van der Waals surface area contributed by atoms with Gasteiger partial charge in [0.2, 0.25) is 11.8 Å². The number of nitrogens with one attached hydrogen (secondary N) is 2. The van der Waals surface area contributed by atoms with E-state index in [4.69, 9.17) is 0 Å². The second-order valence-electron chi connectivity index (χ2n) is 6.02. The van der Waals surface area contributed by atoms with Crippen LogP contribution in [0.2, 0.25) is 0 Å². The predicted molar refractivity (Wildman–Crippen MR) is 94.2 cm³/mol. The molecule has 1 heterocycles. The summed E-state index contributed by atoms with van der Waals surface area (Å²) in [5, 5.41) is 16.5. The molecular weight excluding hydrogens is 324 g/mol. The van der Waals surface area contributed by atoms with Gasteiger partial charge in [-0.2, -0.15) is 0 Å². The number of rotatable bonds is 8. The average molecular weight is 348 g/mol. The van der Waals surface area contributed by atoms with E-state index in [1.165, 1.54) is 12.1 Å². The Kier molecular flexibility index (Phi) is 6.73. The zero-order chi connectivity index (χ0) is 18.2. The summed E-state index contributed by atoms with van der Waals surface area (Å²) >= 11 is 0. The summed E-state index contributed by atoms with van der Waals surface area (Å²) in [4.78, 5) is 36.2. The zero-order valence-corrected chi connectivity index (χ0v) is 14.4. The van der Waals surface area contributed by atoms with Crippen molar-refractivity contribution in [3.63, 3.8) is 0 Å². The lowest BCUT2D eigenvalue weighted by Gasteiger charge is -2.24. The highest BCUT2D eigenvalue weighted by atomic mass is 16.6. The molecule has 1 fully saturated rings. The molecule has 0 bridgehead atoms. The lowest BCUT2D eigenvalue weighted by atomic mass is 10.2. The van der Waals surface area contributed by atoms with E-state index in [1.54, 1.807) is 17.0 Å². The van der Waals surface area contributed by atoms with E-state index in [0.29, 0.717) is 32.5 Å². The Morgan fingerprint density at radius 1 is 1.28 bits per heavy atom. The summed E-state index contributed by atoms with van der Waals surface area (Å²) in [6, 6.07) is 5.75. The van der Waals surface area contributed by atoms with Gasteiger partial charge in [-0.1, -0.05) is 6.92 Å². The molecule has 0 spiro atoms. The Morgan fingerprint density at radius 2 is 2.00 bits per heavy atom. The fourth-order valence-corrected chi connectivity index (χ4v) is 2.91. The van der Waals surface area contributed by atoms with E-state index in [9.17, 15) is 19.7 Å². The number of nitrogens with zero attached hydrogens (tertiary/aromatic N) is 2. The van der Waals surface area contributed by atoms with Crippen molar-refractivity contribution in [3.05, 3.63) is 34.4 Å². The Bertz CT molecular complexity index is 618. The molecule has 8 nitrogen and oxygen atoms in total. The Morgan fingerprint density at radius 3 is 2.64 bits per heavy atom. The zero-order valence-electron chi connectivity index (χ0n) is 14.4. The fourth-order valence-electron chi connectivity index (χ4n) is 2.91. The number of nitro groups is 1. The summed E-state index contributed by atoms with van der Waals surface area (Å²) in [6.07, 6.45) is 2.82. The molecule has 136 valence electrons. The number of hydrogen-bond donors (Lipinski definition) is 2. The lowest BCUT2D eigenvalue weighted by molar-refractivity contribution is -0.384. The van der Waals surface area contributed by atoms with Gasteiger partial charge in [0.25, 0.3) is 5.69 Å². The number of non-ortho nitro benzene ring substituents is 1. The number of anilines is 1. The Labute approximate surface area is 146 Å². The van der Waals surface area contributed by atoms with Gasteiger partial charge in [-0.15, -0.1) is 0 Å². The number of carbonyl (C=O) groups is 2. The van der Waals surface area contributed by atoms with Crippen molar-refractivity contribution in [2.45, 2.75) is 38.6 Å². The Hall–Kier alpha value is -2.64. The van der Waals surface area contributed by atoms with Crippen molar-refractivity contribution in [2.24, 2.45) is 0 Å². The highest BCUT2D eigenvalue weighted by Gasteiger charge is 2.33. The van der Waals surface area contributed by atoms with Crippen LogP contribution in [0.4, 0.5) is 11.4 Å². The molecule has 1 unspecified atom stereocenters. The van der Waals surface area contributed by atoms with Crippen LogP contribution in [-0.2, 0) is 9.59 Å². The standard InChI is InChI=1S/C17H24N4O4/c1-2-4-16(22)20-12-3-5-15(20)17(23)19-11-10-18-13-6-8-14(9-7-13)21(24)25/h6-9,15,18H,2-5,10-12H2,1H3,(H,19,23). The summed E-state index contributed by atoms with van der Waals surface area (Å²) in [5.41, 5.74) is 0.789. The van der Waals surface area contributed by atoms with Crippen LogP contribution in [0.3, 0.4) is 0 Å². The molecule has 1 aliphatic heterocycles. The molecule has 2 amide bonds. The highest BCUT2D eigenvalue weighted by Crippen LogP contribution is 2.19. The molecule has 0 aliphatic carbocycles. The van der Waals surface area contributed by atoms with Crippen LogP contribution in [-0.4, -0.2) is 47.3 Å². The third kappa shape index (κ3) is 5.17. The minimum atomic E-state index is -0.447. The Balaban J connectivity index is 1.74. The molecule has 1 saturated heterocycles. The first-order valence-electron chi connectivity index (χ1n) is 8.58. The monoisotopic (exact) mass is 348 g/mol.